The van der Waals surface area contributed by atoms with Crippen molar-refractivity contribution in [3.63, 3.8) is 0 Å². The van der Waals surface area contributed by atoms with Crippen molar-refractivity contribution in [1.29, 1.82) is 0 Å². The van der Waals surface area contributed by atoms with Crippen molar-refractivity contribution >= 4 is 11.6 Å². The fraction of sp³-hybridized carbons (Fsp3) is 1.00. The van der Waals surface area contributed by atoms with Crippen LogP contribution in [0.25, 0.3) is 0 Å². The lowest BCUT2D eigenvalue weighted by Gasteiger charge is -2.28. The summed E-state index contributed by atoms with van der Waals surface area (Å²) >= 11 is 5.51. The standard InChI is InChI=1S/C8H16ClNO/c1-10-5-2-8(3-6-10)11-7-4-9/h8H,2-7H2,1H3. The molecule has 0 radical (unpaired) electrons. The van der Waals surface area contributed by atoms with Crippen LogP contribution < -0.4 is 0 Å². The SMILES string of the molecule is CN1CCC(OCCCl)CC1. The Labute approximate surface area is 73.5 Å². The van der Waals surface area contributed by atoms with Gasteiger partial charge in [-0.05, 0) is 19.9 Å². The van der Waals surface area contributed by atoms with Crippen molar-refractivity contribution in [2.75, 3.05) is 32.6 Å². The van der Waals surface area contributed by atoms with Gasteiger partial charge in [-0.3, -0.25) is 0 Å². The molecule has 0 spiro atoms. The largest absolute Gasteiger partial charge is 0.377 e. The average Bonchev–Trinajstić information content (AvgIpc) is 2.04. The van der Waals surface area contributed by atoms with Crippen LogP contribution in [0.2, 0.25) is 0 Å². The first kappa shape index (κ1) is 9.30. The minimum Gasteiger partial charge on any atom is -0.377 e. The third-order valence-electron chi connectivity index (χ3n) is 2.10. The maximum atomic E-state index is 5.52. The van der Waals surface area contributed by atoms with Crippen LogP contribution in [0.5, 0.6) is 0 Å². The Kier molecular flexibility index (Phi) is 4.20. The van der Waals surface area contributed by atoms with E-state index in [2.05, 4.69) is 11.9 Å². The van der Waals surface area contributed by atoms with Crippen LogP contribution in [-0.4, -0.2) is 43.6 Å². The van der Waals surface area contributed by atoms with Crippen LogP contribution >= 0.6 is 11.6 Å². The molecule has 0 aromatic heterocycles. The monoisotopic (exact) mass is 177 g/mol. The summed E-state index contributed by atoms with van der Waals surface area (Å²) in [7, 11) is 2.15. The van der Waals surface area contributed by atoms with Gasteiger partial charge in [0.2, 0.25) is 0 Å². The summed E-state index contributed by atoms with van der Waals surface area (Å²) in [4.78, 5) is 2.33. The van der Waals surface area contributed by atoms with Crippen molar-refractivity contribution in [3.8, 4) is 0 Å². The van der Waals surface area contributed by atoms with Crippen LogP contribution in [0.4, 0.5) is 0 Å². The Balaban J connectivity index is 2.07. The van der Waals surface area contributed by atoms with Gasteiger partial charge in [-0.1, -0.05) is 0 Å². The third kappa shape index (κ3) is 3.41. The van der Waals surface area contributed by atoms with Crippen LogP contribution in [-0.2, 0) is 4.74 Å². The molecule has 3 heteroatoms. The summed E-state index contributed by atoms with van der Waals surface area (Å²) in [5.41, 5.74) is 0. The second-order valence-corrected chi connectivity index (χ2v) is 3.44. The highest BCUT2D eigenvalue weighted by atomic mass is 35.5. The molecule has 1 aliphatic heterocycles. The Morgan fingerprint density at radius 1 is 1.45 bits per heavy atom. The normalized spacial score (nSPS) is 22.4. The number of piperidine rings is 1. The molecule has 0 bridgehead atoms. The Hall–Kier alpha value is 0.210. The molecular formula is C8H16ClNO. The lowest BCUT2D eigenvalue weighted by molar-refractivity contribution is 0.0207. The Morgan fingerprint density at radius 3 is 2.64 bits per heavy atom. The first-order valence-corrected chi connectivity index (χ1v) is 4.72. The molecule has 66 valence electrons. The fourth-order valence-corrected chi connectivity index (χ4v) is 1.45. The van der Waals surface area contributed by atoms with Gasteiger partial charge in [-0.2, -0.15) is 0 Å². The van der Waals surface area contributed by atoms with E-state index in [1.165, 1.54) is 0 Å². The Morgan fingerprint density at radius 2 is 2.09 bits per heavy atom. The molecule has 0 aliphatic carbocycles. The van der Waals surface area contributed by atoms with Crippen LogP contribution in [0.15, 0.2) is 0 Å². The van der Waals surface area contributed by atoms with Crippen molar-refractivity contribution in [3.05, 3.63) is 0 Å². The van der Waals surface area contributed by atoms with E-state index in [0.29, 0.717) is 18.6 Å². The van der Waals surface area contributed by atoms with E-state index in [9.17, 15) is 0 Å². The van der Waals surface area contributed by atoms with Crippen molar-refractivity contribution in [2.45, 2.75) is 18.9 Å². The van der Waals surface area contributed by atoms with Gasteiger partial charge in [0.05, 0.1) is 12.7 Å². The summed E-state index contributed by atoms with van der Waals surface area (Å²) in [6.45, 7) is 3.02. The van der Waals surface area contributed by atoms with Crippen molar-refractivity contribution < 1.29 is 4.74 Å². The summed E-state index contributed by atoms with van der Waals surface area (Å²) in [5, 5.41) is 0. The second kappa shape index (κ2) is 4.96. The first-order valence-electron chi connectivity index (χ1n) is 4.19. The number of alkyl halides is 1. The lowest BCUT2D eigenvalue weighted by atomic mass is 10.1. The molecule has 1 fully saturated rings. The number of nitrogens with zero attached hydrogens (tertiary/aromatic N) is 1. The molecule has 1 heterocycles. The number of likely N-dealkylation sites (tertiary alicyclic amines) is 1. The van der Waals surface area contributed by atoms with E-state index >= 15 is 0 Å². The van der Waals surface area contributed by atoms with Gasteiger partial charge in [-0.25, -0.2) is 0 Å². The van der Waals surface area contributed by atoms with Gasteiger partial charge >= 0.3 is 0 Å². The van der Waals surface area contributed by atoms with E-state index in [1.54, 1.807) is 0 Å². The Bertz CT molecular complexity index is 99.5. The summed E-state index contributed by atoms with van der Waals surface area (Å²) in [5.74, 6) is 0.617. The molecule has 0 saturated carbocycles. The van der Waals surface area contributed by atoms with Gasteiger partial charge < -0.3 is 9.64 Å². The molecule has 1 rings (SSSR count). The van der Waals surface area contributed by atoms with Crippen molar-refractivity contribution in [2.24, 2.45) is 0 Å². The maximum Gasteiger partial charge on any atom is 0.0605 e. The molecule has 0 aromatic rings. The predicted molar refractivity (Wildman–Crippen MR) is 47.2 cm³/mol. The number of ether oxygens (including phenoxy) is 1. The van der Waals surface area contributed by atoms with Crippen LogP contribution in [0, 0.1) is 0 Å². The van der Waals surface area contributed by atoms with Gasteiger partial charge in [0, 0.05) is 19.0 Å². The number of rotatable bonds is 3. The molecule has 1 aliphatic rings. The molecule has 0 atom stereocenters. The molecule has 0 unspecified atom stereocenters. The van der Waals surface area contributed by atoms with Crippen LogP contribution in [0.3, 0.4) is 0 Å². The third-order valence-corrected chi connectivity index (χ3v) is 2.25. The highest BCUT2D eigenvalue weighted by Gasteiger charge is 2.16. The summed E-state index contributed by atoms with van der Waals surface area (Å²) in [6, 6.07) is 0. The van der Waals surface area contributed by atoms with Crippen LogP contribution in [0.1, 0.15) is 12.8 Å². The highest BCUT2D eigenvalue weighted by molar-refractivity contribution is 6.17. The lowest BCUT2D eigenvalue weighted by Crippen LogP contribution is -2.34. The van der Waals surface area contributed by atoms with E-state index in [1.807, 2.05) is 0 Å². The van der Waals surface area contributed by atoms with Gasteiger partial charge in [0.25, 0.3) is 0 Å². The van der Waals surface area contributed by atoms with Gasteiger partial charge in [0.1, 0.15) is 0 Å². The first-order chi connectivity index (χ1) is 5.33. The topological polar surface area (TPSA) is 12.5 Å². The zero-order valence-electron chi connectivity index (χ0n) is 7.05. The summed E-state index contributed by atoms with van der Waals surface area (Å²) in [6.07, 6.45) is 2.78. The smallest absolute Gasteiger partial charge is 0.0605 e. The van der Waals surface area contributed by atoms with E-state index in [0.717, 1.165) is 25.9 Å². The predicted octanol–water partition coefficient (Wildman–Crippen LogP) is 1.34. The number of hydrogen-bond donors (Lipinski definition) is 0. The molecule has 0 N–H and O–H groups in total. The van der Waals surface area contributed by atoms with E-state index < -0.39 is 0 Å². The second-order valence-electron chi connectivity index (χ2n) is 3.06. The molecule has 1 saturated heterocycles. The zero-order chi connectivity index (χ0) is 8.10. The minimum atomic E-state index is 0.463. The summed E-state index contributed by atoms with van der Waals surface area (Å²) < 4.78 is 5.52. The molecule has 0 aromatic carbocycles. The molecule has 0 amide bonds. The van der Waals surface area contributed by atoms with Crippen molar-refractivity contribution in [1.82, 2.24) is 4.90 Å². The highest BCUT2D eigenvalue weighted by Crippen LogP contribution is 2.11. The molecule has 11 heavy (non-hydrogen) atoms. The zero-order valence-corrected chi connectivity index (χ0v) is 7.81. The fourth-order valence-electron chi connectivity index (χ4n) is 1.36. The van der Waals surface area contributed by atoms with E-state index in [-0.39, 0.29) is 0 Å². The number of halogens is 1. The van der Waals surface area contributed by atoms with Gasteiger partial charge in [0.15, 0.2) is 0 Å². The minimum absolute atomic E-state index is 0.463. The number of hydrogen-bond acceptors (Lipinski definition) is 2. The average molecular weight is 178 g/mol. The quantitative estimate of drug-likeness (QED) is 0.604. The molecular weight excluding hydrogens is 162 g/mol. The molecule has 2 nitrogen and oxygen atoms in total. The maximum absolute atomic E-state index is 5.52. The van der Waals surface area contributed by atoms with Gasteiger partial charge in [-0.15, -0.1) is 11.6 Å². The van der Waals surface area contributed by atoms with E-state index in [4.69, 9.17) is 16.3 Å².